The highest BCUT2D eigenvalue weighted by atomic mass is 16.6. The first-order valence-corrected chi connectivity index (χ1v) is 12.8. The number of carbonyl (C=O) groups is 3. The van der Waals surface area contributed by atoms with Crippen molar-refractivity contribution in [3.63, 3.8) is 0 Å². The Morgan fingerprint density at radius 1 is 1.11 bits per heavy atom. The fraction of sp³-hybridized carbons (Fsp3) is 0.679. The monoisotopic (exact) mass is 487 g/mol. The maximum Gasteiger partial charge on any atom is 0.408 e. The van der Waals surface area contributed by atoms with Crippen LogP contribution in [0, 0.1) is 25.7 Å². The molecule has 1 fully saturated rings. The van der Waals surface area contributed by atoms with Crippen LogP contribution < -0.4 is 10.6 Å². The summed E-state index contributed by atoms with van der Waals surface area (Å²) < 4.78 is 5.47. The topological polar surface area (TPSA) is 87.7 Å². The third-order valence-corrected chi connectivity index (χ3v) is 6.51. The maximum absolute atomic E-state index is 14.2. The molecule has 0 aliphatic heterocycles. The summed E-state index contributed by atoms with van der Waals surface area (Å²) in [4.78, 5) is 42.3. The highest BCUT2D eigenvalue weighted by Crippen LogP contribution is 2.41. The van der Waals surface area contributed by atoms with Gasteiger partial charge in [0.05, 0.1) is 0 Å². The highest BCUT2D eigenvalue weighted by Gasteiger charge is 2.49. The van der Waals surface area contributed by atoms with E-state index < -0.39 is 23.8 Å². The largest absolute Gasteiger partial charge is 0.444 e. The normalized spacial score (nSPS) is 20.0. The Kier molecular flexibility index (Phi) is 9.37. The van der Waals surface area contributed by atoms with Crippen molar-refractivity contribution in [2.75, 3.05) is 0 Å². The van der Waals surface area contributed by atoms with Gasteiger partial charge in [0.1, 0.15) is 17.7 Å². The van der Waals surface area contributed by atoms with Crippen molar-refractivity contribution in [3.8, 4) is 0 Å². The molecule has 3 amide bonds. The molecule has 35 heavy (non-hydrogen) atoms. The van der Waals surface area contributed by atoms with Crippen LogP contribution in [0.2, 0.25) is 0 Å². The predicted molar refractivity (Wildman–Crippen MR) is 139 cm³/mol. The van der Waals surface area contributed by atoms with Crippen LogP contribution in [0.3, 0.4) is 0 Å². The molecule has 0 saturated heterocycles. The Morgan fingerprint density at radius 2 is 1.71 bits per heavy atom. The number of hydrogen-bond acceptors (Lipinski definition) is 4. The quantitative estimate of drug-likeness (QED) is 0.510. The van der Waals surface area contributed by atoms with Gasteiger partial charge in [-0.15, -0.1) is 0 Å². The molecule has 0 heterocycles. The van der Waals surface area contributed by atoms with Gasteiger partial charge in [0.25, 0.3) is 0 Å². The molecule has 0 aromatic heterocycles. The van der Waals surface area contributed by atoms with Gasteiger partial charge >= 0.3 is 6.09 Å². The van der Waals surface area contributed by atoms with Crippen LogP contribution in [0.15, 0.2) is 18.2 Å². The number of amides is 3. The number of hydrogen-bond donors (Lipinski definition) is 2. The first-order chi connectivity index (χ1) is 16.2. The fourth-order valence-corrected chi connectivity index (χ4v) is 4.36. The van der Waals surface area contributed by atoms with Crippen LogP contribution in [-0.4, -0.2) is 46.5 Å². The Morgan fingerprint density at radius 3 is 2.17 bits per heavy atom. The molecule has 1 saturated carbocycles. The van der Waals surface area contributed by atoms with Crippen molar-refractivity contribution in [2.24, 2.45) is 11.8 Å². The summed E-state index contributed by atoms with van der Waals surface area (Å²) >= 11 is 0. The standard InChI is InChI=1S/C28H45N3O4/c1-11-18(5)23(30-27(34)35-28(8,9)10)26(33)31(22-15-20(22)7)24(25(32)29-16(2)3)21-13-12-17(4)14-19(21)6/h12-14,16,18,20,22-24H,11,15H2,1-10H3,(H,29,32)(H,30,34). The Hall–Kier alpha value is -2.57. The van der Waals surface area contributed by atoms with Gasteiger partial charge in [-0.05, 0) is 77.8 Å². The molecule has 5 unspecified atom stereocenters. The molecule has 7 nitrogen and oxygen atoms in total. The smallest absolute Gasteiger partial charge is 0.408 e. The summed E-state index contributed by atoms with van der Waals surface area (Å²) in [6.45, 7) is 19.2. The van der Waals surface area contributed by atoms with E-state index in [-0.39, 0.29) is 35.7 Å². The van der Waals surface area contributed by atoms with Crippen molar-refractivity contribution in [3.05, 3.63) is 34.9 Å². The van der Waals surface area contributed by atoms with E-state index in [2.05, 4.69) is 17.6 Å². The van der Waals surface area contributed by atoms with Crippen molar-refractivity contribution in [1.82, 2.24) is 15.5 Å². The lowest BCUT2D eigenvalue weighted by Gasteiger charge is -2.37. The molecule has 1 aromatic carbocycles. The zero-order chi connectivity index (χ0) is 26.7. The lowest BCUT2D eigenvalue weighted by atomic mass is 9.93. The van der Waals surface area contributed by atoms with Crippen LogP contribution in [0.5, 0.6) is 0 Å². The number of benzene rings is 1. The summed E-state index contributed by atoms with van der Waals surface area (Å²) in [5.74, 6) is -0.319. The Balaban J connectivity index is 2.55. The van der Waals surface area contributed by atoms with Crippen molar-refractivity contribution in [2.45, 2.75) is 112 Å². The number of carbonyl (C=O) groups excluding carboxylic acids is 3. The molecule has 196 valence electrons. The third kappa shape index (κ3) is 7.71. The molecular formula is C28H45N3O4. The maximum atomic E-state index is 14.2. The molecule has 1 aromatic rings. The van der Waals surface area contributed by atoms with E-state index in [0.717, 1.165) is 23.1 Å². The van der Waals surface area contributed by atoms with E-state index in [1.807, 2.05) is 59.7 Å². The second-order valence-corrected chi connectivity index (χ2v) is 11.5. The van der Waals surface area contributed by atoms with Crippen LogP contribution in [0.4, 0.5) is 4.79 Å². The van der Waals surface area contributed by atoms with Gasteiger partial charge < -0.3 is 20.3 Å². The molecule has 2 rings (SSSR count). The highest BCUT2D eigenvalue weighted by molar-refractivity contribution is 5.93. The fourth-order valence-electron chi connectivity index (χ4n) is 4.36. The summed E-state index contributed by atoms with van der Waals surface area (Å²) in [6.07, 6.45) is 0.878. The number of nitrogens with one attached hydrogen (secondary N) is 2. The lowest BCUT2D eigenvalue weighted by molar-refractivity contribution is -0.144. The van der Waals surface area contributed by atoms with Crippen LogP contribution >= 0.6 is 0 Å². The average Bonchev–Trinajstić information content (AvgIpc) is 3.43. The minimum absolute atomic E-state index is 0.0712. The second kappa shape index (κ2) is 11.4. The molecule has 5 atom stereocenters. The molecule has 0 bridgehead atoms. The minimum Gasteiger partial charge on any atom is -0.444 e. The second-order valence-electron chi connectivity index (χ2n) is 11.5. The third-order valence-electron chi connectivity index (χ3n) is 6.51. The van der Waals surface area contributed by atoms with E-state index in [1.54, 1.807) is 25.7 Å². The average molecular weight is 488 g/mol. The molecule has 0 spiro atoms. The minimum atomic E-state index is -0.803. The van der Waals surface area contributed by atoms with E-state index >= 15 is 0 Å². The first-order valence-electron chi connectivity index (χ1n) is 12.8. The number of rotatable bonds is 9. The van der Waals surface area contributed by atoms with Crippen LogP contribution in [0.1, 0.15) is 91.0 Å². The van der Waals surface area contributed by atoms with Gasteiger partial charge in [-0.1, -0.05) is 51.0 Å². The van der Waals surface area contributed by atoms with E-state index in [1.165, 1.54) is 0 Å². The molecule has 1 aliphatic rings. The van der Waals surface area contributed by atoms with E-state index in [0.29, 0.717) is 6.42 Å². The van der Waals surface area contributed by atoms with Gasteiger partial charge in [0, 0.05) is 12.1 Å². The molecule has 1 aliphatic carbocycles. The Labute approximate surface area is 211 Å². The Bertz CT molecular complexity index is 921. The van der Waals surface area contributed by atoms with E-state index in [9.17, 15) is 14.4 Å². The first kappa shape index (κ1) is 28.7. The zero-order valence-corrected chi connectivity index (χ0v) is 23.2. The summed E-state index contributed by atoms with van der Waals surface area (Å²) in [5, 5.41) is 5.85. The van der Waals surface area contributed by atoms with Gasteiger partial charge in [0.2, 0.25) is 11.8 Å². The predicted octanol–water partition coefficient (Wildman–Crippen LogP) is 5.05. The summed E-state index contributed by atoms with van der Waals surface area (Å²) in [6, 6.07) is 4.22. The van der Waals surface area contributed by atoms with Crippen LogP contribution in [0.25, 0.3) is 0 Å². The lowest BCUT2D eigenvalue weighted by Crippen LogP contribution is -2.56. The van der Waals surface area contributed by atoms with Gasteiger partial charge in [0.15, 0.2) is 0 Å². The zero-order valence-electron chi connectivity index (χ0n) is 23.2. The number of nitrogens with zero attached hydrogens (tertiary/aromatic N) is 1. The van der Waals surface area contributed by atoms with Crippen LogP contribution in [-0.2, 0) is 14.3 Å². The number of alkyl carbamates (subject to hydrolysis) is 1. The summed E-state index contributed by atoms with van der Waals surface area (Å²) in [5.41, 5.74) is 2.17. The number of aryl methyl sites for hydroxylation is 2. The number of ether oxygens (including phenoxy) is 1. The van der Waals surface area contributed by atoms with Gasteiger partial charge in [-0.25, -0.2) is 4.79 Å². The van der Waals surface area contributed by atoms with Gasteiger partial charge in [-0.2, -0.15) is 0 Å². The molecule has 2 N–H and O–H groups in total. The molecular weight excluding hydrogens is 442 g/mol. The summed E-state index contributed by atoms with van der Waals surface area (Å²) in [7, 11) is 0. The van der Waals surface area contributed by atoms with Crippen molar-refractivity contribution in [1.29, 1.82) is 0 Å². The SMILES string of the molecule is CCC(C)C(NC(=O)OC(C)(C)C)C(=O)N(C(C(=O)NC(C)C)c1ccc(C)cc1C)C1CC1C. The molecule has 0 radical (unpaired) electrons. The van der Waals surface area contributed by atoms with Gasteiger partial charge in [-0.3, -0.25) is 9.59 Å². The van der Waals surface area contributed by atoms with Crippen molar-refractivity contribution >= 4 is 17.9 Å². The molecule has 7 heteroatoms. The van der Waals surface area contributed by atoms with E-state index in [4.69, 9.17) is 4.74 Å². The van der Waals surface area contributed by atoms with Crippen molar-refractivity contribution < 1.29 is 19.1 Å².